The summed E-state index contributed by atoms with van der Waals surface area (Å²) in [5.74, 6) is -1.57. The van der Waals surface area contributed by atoms with Gasteiger partial charge < -0.3 is 42.6 Å². The van der Waals surface area contributed by atoms with Gasteiger partial charge in [-0.1, -0.05) is 40.6 Å². The van der Waals surface area contributed by atoms with Crippen molar-refractivity contribution >= 4 is 5.97 Å². The minimum absolute atomic E-state index is 0.0135. The fourth-order valence-corrected chi connectivity index (χ4v) is 5.20. The van der Waals surface area contributed by atoms with Crippen LogP contribution in [0.4, 0.5) is 0 Å². The van der Waals surface area contributed by atoms with Gasteiger partial charge in [0, 0.05) is 15.4 Å². The molecule has 0 saturated carbocycles. The van der Waals surface area contributed by atoms with Gasteiger partial charge >= 0.3 is 5.97 Å². The lowest BCUT2D eigenvalue weighted by atomic mass is 9.96. The predicted octanol–water partition coefficient (Wildman–Crippen LogP) is 2.63. The largest absolute Gasteiger partial charge is 0.467 e. The van der Waals surface area contributed by atoms with Crippen LogP contribution in [0.15, 0.2) is 40.6 Å². The van der Waals surface area contributed by atoms with Gasteiger partial charge in [-0.15, -0.1) is 0 Å². The third-order valence-corrected chi connectivity index (χ3v) is 6.89. The monoisotopic (exact) mass is 562 g/mol. The molecule has 4 aliphatic rings. The summed E-state index contributed by atoms with van der Waals surface area (Å²) >= 11 is 0. The first-order valence-electron chi connectivity index (χ1n) is 12.7. The number of rotatable bonds is 9. The van der Waals surface area contributed by atoms with E-state index in [2.05, 4.69) is 20.1 Å². The van der Waals surface area contributed by atoms with Crippen LogP contribution in [0.25, 0.3) is 20.9 Å². The van der Waals surface area contributed by atoms with Crippen LogP contribution in [-0.4, -0.2) is 93.9 Å². The second kappa shape index (κ2) is 12.2. The number of fused-ring (bicyclic) bond motifs is 2. The van der Waals surface area contributed by atoms with Crippen molar-refractivity contribution in [3.8, 4) is 0 Å². The summed E-state index contributed by atoms with van der Waals surface area (Å²) in [6.07, 6.45) is -7.42. The van der Waals surface area contributed by atoms with E-state index in [0.29, 0.717) is 0 Å². The summed E-state index contributed by atoms with van der Waals surface area (Å²) in [5.41, 5.74) is 19.0. The number of azide groups is 2. The molecule has 0 N–H and O–H groups in total. The van der Waals surface area contributed by atoms with E-state index in [-0.39, 0.29) is 13.2 Å². The molecule has 0 aliphatic carbocycles. The summed E-state index contributed by atoms with van der Waals surface area (Å²) in [4.78, 5) is 17.7. The van der Waals surface area contributed by atoms with Crippen molar-refractivity contribution in [2.75, 3.05) is 26.9 Å². The SMILES string of the molecule is COC(=O)CO[C@@H]1C(N=[N+]=[N-])[C@H](OC2O[C@H](CN=[N+]=[N-])C3OC(C)(C)O[C@@H]23)OC2COC(c3ccccc3)O[C@H]21. The van der Waals surface area contributed by atoms with E-state index in [0.717, 1.165) is 5.56 Å². The number of hydrogen-bond donors (Lipinski definition) is 0. The van der Waals surface area contributed by atoms with Gasteiger partial charge in [-0.25, -0.2) is 4.79 Å². The van der Waals surface area contributed by atoms with Crippen LogP contribution in [0.2, 0.25) is 0 Å². The molecule has 0 aromatic heterocycles. The molecule has 1 aromatic rings. The van der Waals surface area contributed by atoms with E-state index in [4.69, 9.17) is 48.2 Å². The number of carbonyl (C=O) groups is 1. The number of carbonyl (C=O) groups excluding carboxylic acids is 1. The maximum Gasteiger partial charge on any atom is 0.331 e. The molecule has 5 rings (SSSR count). The molecule has 4 saturated heterocycles. The maximum atomic E-state index is 12.0. The molecule has 16 nitrogen and oxygen atoms in total. The Morgan fingerprint density at radius 3 is 2.55 bits per heavy atom. The van der Waals surface area contributed by atoms with Crippen molar-refractivity contribution in [1.82, 2.24) is 0 Å². The second-order valence-electron chi connectivity index (χ2n) is 9.92. The van der Waals surface area contributed by atoms with Gasteiger partial charge in [-0.3, -0.25) is 0 Å². The van der Waals surface area contributed by atoms with Crippen LogP contribution in [0.5, 0.6) is 0 Å². The van der Waals surface area contributed by atoms with Gasteiger partial charge in [0.2, 0.25) is 0 Å². The Bertz CT molecular complexity index is 1150. The quantitative estimate of drug-likeness (QED) is 0.187. The van der Waals surface area contributed by atoms with Gasteiger partial charge in [-0.2, -0.15) is 0 Å². The van der Waals surface area contributed by atoms with E-state index < -0.39 is 79.9 Å². The normalized spacial score (nSPS) is 37.9. The highest BCUT2D eigenvalue weighted by atomic mass is 16.8. The van der Waals surface area contributed by atoms with Crippen molar-refractivity contribution in [1.29, 1.82) is 0 Å². The maximum absolute atomic E-state index is 12.0. The van der Waals surface area contributed by atoms with Crippen LogP contribution in [-0.2, 0) is 47.4 Å². The zero-order valence-electron chi connectivity index (χ0n) is 22.0. The Morgan fingerprint density at radius 1 is 1.05 bits per heavy atom. The molecule has 4 fully saturated rings. The molecule has 4 heterocycles. The van der Waals surface area contributed by atoms with Gasteiger partial charge in [0.25, 0.3) is 0 Å². The number of nitrogens with zero attached hydrogens (tertiary/aromatic N) is 6. The molecule has 40 heavy (non-hydrogen) atoms. The molecule has 216 valence electrons. The first-order chi connectivity index (χ1) is 19.3. The highest BCUT2D eigenvalue weighted by Crippen LogP contribution is 2.42. The Labute approximate surface area is 228 Å². The van der Waals surface area contributed by atoms with E-state index in [1.807, 2.05) is 30.3 Å². The second-order valence-corrected chi connectivity index (χ2v) is 9.92. The number of ether oxygens (including phenoxy) is 9. The van der Waals surface area contributed by atoms with Crippen molar-refractivity contribution in [3.63, 3.8) is 0 Å². The Kier molecular flexibility index (Phi) is 8.73. The van der Waals surface area contributed by atoms with Crippen LogP contribution in [0.3, 0.4) is 0 Å². The highest BCUT2D eigenvalue weighted by molar-refractivity contribution is 5.70. The van der Waals surface area contributed by atoms with Crippen LogP contribution in [0.1, 0.15) is 25.7 Å². The van der Waals surface area contributed by atoms with Crippen molar-refractivity contribution < 1.29 is 47.4 Å². The summed E-state index contributed by atoms with van der Waals surface area (Å²) in [5, 5.41) is 7.51. The summed E-state index contributed by atoms with van der Waals surface area (Å²) < 4.78 is 53.1. The fraction of sp³-hybridized carbons (Fsp3) is 0.708. The minimum Gasteiger partial charge on any atom is -0.467 e. The first kappa shape index (κ1) is 28.5. The molecule has 0 spiro atoms. The first-order valence-corrected chi connectivity index (χ1v) is 12.7. The summed E-state index contributed by atoms with van der Waals surface area (Å²) in [7, 11) is 1.23. The Hall–Kier alpha value is -3.01. The van der Waals surface area contributed by atoms with Crippen molar-refractivity contribution in [2.45, 2.75) is 81.2 Å². The summed E-state index contributed by atoms with van der Waals surface area (Å²) in [6.45, 7) is 3.14. The Balaban J connectivity index is 1.39. The van der Waals surface area contributed by atoms with Gasteiger partial charge in [0.15, 0.2) is 24.7 Å². The number of methoxy groups -OCH3 is 1. The molecule has 5 unspecified atom stereocenters. The zero-order valence-corrected chi connectivity index (χ0v) is 22.0. The average molecular weight is 563 g/mol. The molecule has 0 radical (unpaired) electrons. The molecular weight excluding hydrogens is 532 g/mol. The number of hydrogen-bond acceptors (Lipinski definition) is 12. The molecule has 16 heteroatoms. The highest BCUT2D eigenvalue weighted by Gasteiger charge is 2.58. The van der Waals surface area contributed by atoms with E-state index in [1.54, 1.807) is 13.8 Å². The van der Waals surface area contributed by atoms with Gasteiger partial charge in [-0.05, 0) is 24.9 Å². The lowest BCUT2D eigenvalue weighted by molar-refractivity contribution is -0.367. The third-order valence-electron chi connectivity index (χ3n) is 6.89. The van der Waals surface area contributed by atoms with Gasteiger partial charge in [0.05, 0.1) is 26.4 Å². The Morgan fingerprint density at radius 2 is 1.82 bits per heavy atom. The van der Waals surface area contributed by atoms with E-state index in [9.17, 15) is 10.3 Å². The lowest BCUT2D eigenvalue weighted by Crippen LogP contribution is -2.63. The van der Waals surface area contributed by atoms with Crippen molar-refractivity contribution in [3.05, 3.63) is 56.8 Å². The molecule has 10 atom stereocenters. The topological polar surface area (TPSA) is 198 Å². The third kappa shape index (κ3) is 6.01. The lowest BCUT2D eigenvalue weighted by Gasteiger charge is -2.48. The van der Waals surface area contributed by atoms with Crippen LogP contribution >= 0.6 is 0 Å². The van der Waals surface area contributed by atoms with E-state index in [1.165, 1.54) is 7.11 Å². The van der Waals surface area contributed by atoms with E-state index >= 15 is 0 Å². The molecule has 4 aliphatic heterocycles. The summed E-state index contributed by atoms with van der Waals surface area (Å²) in [6, 6.07) is 8.16. The molecular formula is C24H30N6O10. The standard InChI is InChI=1S/C24H30N6O10/c1-24(2)39-18-13(9-27-29-25)35-23(20(18)40-24)38-22-16(28-30-26)19(33-11-15(31)32-3)17-14(36-22)10-34-21(37-17)12-7-5-4-6-8-12/h4-8,13-14,16-23H,9-11H2,1-3H3/t13-,14?,16?,17-,18?,19-,20-,21?,22+,23?/m1/s1. The van der Waals surface area contributed by atoms with Crippen LogP contribution in [0, 0.1) is 0 Å². The predicted molar refractivity (Wildman–Crippen MR) is 131 cm³/mol. The van der Waals surface area contributed by atoms with Crippen LogP contribution < -0.4 is 0 Å². The fourth-order valence-electron chi connectivity index (χ4n) is 5.20. The average Bonchev–Trinajstić information content (AvgIpc) is 3.44. The molecule has 0 amide bonds. The van der Waals surface area contributed by atoms with Gasteiger partial charge in [0.1, 0.15) is 43.2 Å². The number of benzene rings is 1. The van der Waals surface area contributed by atoms with Crippen molar-refractivity contribution in [2.24, 2.45) is 10.2 Å². The molecule has 1 aromatic carbocycles. The smallest absolute Gasteiger partial charge is 0.331 e. The molecule has 0 bridgehead atoms. The number of esters is 1. The zero-order chi connectivity index (χ0) is 28.3. The minimum atomic E-state index is -1.21.